The van der Waals surface area contributed by atoms with Crippen LogP contribution in [0.1, 0.15) is 48.3 Å². The highest BCUT2D eigenvalue weighted by Gasteiger charge is 2.18. The van der Waals surface area contributed by atoms with Gasteiger partial charge in [-0.05, 0) is 68.4 Å². The number of ether oxygens (including phenoxy) is 1. The summed E-state index contributed by atoms with van der Waals surface area (Å²) in [6, 6.07) is 23.3. The Hall–Kier alpha value is -3.95. The van der Waals surface area contributed by atoms with Gasteiger partial charge >= 0.3 is 6.09 Å². The van der Waals surface area contributed by atoms with Crippen molar-refractivity contribution in [3.8, 4) is 0 Å². The van der Waals surface area contributed by atoms with Crippen molar-refractivity contribution >= 4 is 40.7 Å². The topological polar surface area (TPSA) is 112 Å². The Bertz CT molecular complexity index is 1210. The molecular weight excluding hydrogens is 488 g/mol. The highest BCUT2D eigenvalue weighted by Crippen LogP contribution is 2.23. The van der Waals surface area contributed by atoms with E-state index in [1.807, 2.05) is 42.5 Å². The molecule has 0 aliphatic carbocycles. The minimum absolute atomic E-state index is 0.0912. The molecule has 2 amide bonds. The van der Waals surface area contributed by atoms with Crippen LogP contribution in [0.25, 0.3) is 0 Å². The number of carbonyl (C=O) groups is 2. The van der Waals surface area contributed by atoms with E-state index in [1.165, 1.54) is 0 Å². The maximum atomic E-state index is 12.8. The van der Waals surface area contributed by atoms with Crippen molar-refractivity contribution < 1.29 is 19.4 Å². The van der Waals surface area contributed by atoms with Crippen molar-refractivity contribution in [3.05, 3.63) is 95.6 Å². The number of hydrogen-bond donors (Lipinski definition) is 5. The Morgan fingerprint density at radius 2 is 1.49 bits per heavy atom. The van der Waals surface area contributed by atoms with Gasteiger partial charge in [0.25, 0.3) is 5.91 Å². The third-order valence-electron chi connectivity index (χ3n) is 5.17. The first kappa shape index (κ1) is 27.6. The number of para-hydroxylation sites is 2. The summed E-state index contributed by atoms with van der Waals surface area (Å²) in [6.45, 7) is 5.69. The Labute approximate surface area is 222 Å². The number of thiocarbonyl (C=S) groups is 1. The zero-order chi connectivity index (χ0) is 26.8. The first-order valence-electron chi connectivity index (χ1n) is 11.8. The lowest BCUT2D eigenvalue weighted by atomic mass is 10.1. The summed E-state index contributed by atoms with van der Waals surface area (Å²) in [7, 11) is 0. The number of carbonyl (C=O) groups excluding carboxylic acids is 2. The van der Waals surface area contributed by atoms with Gasteiger partial charge < -0.3 is 25.8 Å². The SMILES string of the molecule is CC(C)(C)OC(=O)Nc1ccccc1NC(=O)c1ccc(CNC(=S)N[C@H](CO)c2ccccc2)cc1. The first-order chi connectivity index (χ1) is 17.6. The Morgan fingerprint density at radius 1 is 0.892 bits per heavy atom. The van der Waals surface area contributed by atoms with Gasteiger partial charge in [-0.25, -0.2) is 4.79 Å². The molecule has 5 N–H and O–H groups in total. The average molecular weight is 521 g/mol. The molecule has 3 aromatic carbocycles. The first-order valence-corrected chi connectivity index (χ1v) is 12.2. The van der Waals surface area contributed by atoms with Crippen molar-refractivity contribution in [3.63, 3.8) is 0 Å². The van der Waals surface area contributed by atoms with Gasteiger partial charge in [-0.15, -0.1) is 0 Å². The Balaban J connectivity index is 1.55. The third-order valence-corrected chi connectivity index (χ3v) is 5.43. The molecule has 8 nitrogen and oxygen atoms in total. The maximum absolute atomic E-state index is 12.8. The number of aliphatic hydroxyl groups is 1. The fraction of sp³-hybridized carbons (Fsp3) is 0.250. The molecule has 0 fully saturated rings. The molecule has 0 bridgehead atoms. The highest BCUT2D eigenvalue weighted by atomic mass is 32.1. The van der Waals surface area contributed by atoms with Crippen molar-refractivity contribution in [2.24, 2.45) is 0 Å². The van der Waals surface area contributed by atoms with E-state index in [2.05, 4.69) is 21.3 Å². The lowest BCUT2D eigenvalue weighted by Crippen LogP contribution is -2.38. The predicted octanol–water partition coefficient (Wildman–Crippen LogP) is 4.98. The lowest BCUT2D eigenvalue weighted by molar-refractivity contribution is 0.0635. The van der Waals surface area contributed by atoms with Gasteiger partial charge in [0, 0.05) is 12.1 Å². The Morgan fingerprint density at radius 3 is 2.08 bits per heavy atom. The minimum Gasteiger partial charge on any atom is -0.444 e. The van der Waals surface area contributed by atoms with Crippen LogP contribution in [-0.2, 0) is 11.3 Å². The van der Waals surface area contributed by atoms with Crippen LogP contribution in [0.4, 0.5) is 16.2 Å². The maximum Gasteiger partial charge on any atom is 0.412 e. The van der Waals surface area contributed by atoms with Crippen molar-refractivity contribution in [1.82, 2.24) is 10.6 Å². The number of amides is 2. The van der Waals surface area contributed by atoms with Crippen LogP contribution in [0.3, 0.4) is 0 Å². The van der Waals surface area contributed by atoms with E-state index in [0.717, 1.165) is 11.1 Å². The molecule has 1 atom stereocenters. The average Bonchev–Trinajstić information content (AvgIpc) is 2.87. The van der Waals surface area contributed by atoms with Crippen molar-refractivity contribution in [2.45, 2.75) is 39.0 Å². The molecule has 0 saturated carbocycles. The van der Waals surface area contributed by atoms with Gasteiger partial charge in [0.05, 0.1) is 24.0 Å². The molecule has 37 heavy (non-hydrogen) atoms. The standard InChI is InChI=1S/C28H32N4O4S/c1-28(2,3)36-27(35)32-23-12-8-7-11-22(23)30-25(34)21-15-13-19(14-16-21)17-29-26(37)31-24(18-33)20-9-5-4-6-10-20/h4-16,24,33H,17-18H2,1-3H3,(H,30,34)(H,32,35)(H2,29,31,37)/t24-/m1/s1. The van der Waals surface area contributed by atoms with Gasteiger partial charge in [-0.2, -0.15) is 0 Å². The largest absolute Gasteiger partial charge is 0.444 e. The molecule has 0 aromatic heterocycles. The number of hydrogen-bond acceptors (Lipinski definition) is 5. The van der Waals surface area contributed by atoms with E-state index < -0.39 is 11.7 Å². The van der Waals surface area contributed by atoms with Crippen LogP contribution in [0.5, 0.6) is 0 Å². The molecule has 0 heterocycles. The zero-order valence-corrected chi connectivity index (χ0v) is 21.9. The summed E-state index contributed by atoms with van der Waals surface area (Å²) in [5.41, 5.74) is 2.57. The molecule has 0 saturated heterocycles. The molecule has 194 valence electrons. The van der Waals surface area contributed by atoms with E-state index in [1.54, 1.807) is 57.2 Å². The van der Waals surface area contributed by atoms with E-state index in [4.69, 9.17) is 17.0 Å². The summed E-state index contributed by atoms with van der Waals surface area (Å²) in [6.07, 6.45) is -0.604. The molecule has 0 spiro atoms. The number of benzene rings is 3. The smallest absolute Gasteiger partial charge is 0.412 e. The molecule has 0 aliphatic rings. The van der Waals surface area contributed by atoms with E-state index in [-0.39, 0.29) is 18.6 Å². The summed E-state index contributed by atoms with van der Waals surface area (Å²) >= 11 is 5.37. The highest BCUT2D eigenvalue weighted by molar-refractivity contribution is 7.80. The van der Waals surface area contributed by atoms with Crippen LogP contribution >= 0.6 is 12.2 Å². The second-order valence-electron chi connectivity index (χ2n) is 9.30. The third kappa shape index (κ3) is 8.89. The fourth-order valence-corrected chi connectivity index (χ4v) is 3.61. The summed E-state index contributed by atoms with van der Waals surface area (Å²) < 4.78 is 5.29. The summed E-state index contributed by atoms with van der Waals surface area (Å²) in [5.74, 6) is -0.316. The number of anilines is 2. The van der Waals surface area contributed by atoms with Crippen LogP contribution in [0, 0.1) is 0 Å². The van der Waals surface area contributed by atoms with Crippen LogP contribution in [-0.4, -0.2) is 34.4 Å². The summed E-state index contributed by atoms with van der Waals surface area (Å²) in [5, 5.41) is 21.8. The molecule has 9 heteroatoms. The molecule has 3 rings (SSSR count). The number of rotatable bonds is 8. The quantitative estimate of drug-likeness (QED) is 0.266. The molecule has 0 radical (unpaired) electrons. The predicted molar refractivity (Wildman–Crippen MR) is 150 cm³/mol. The fourth-order valence-electron chi connectivity index (χ4n) is 3.39. The second-order valence-corrected chi connectivity index (χ2v) is 9.70. The number of nitrogens with one attached hydrogen (secondary N) is 4. The molecule has 0 unspecified atom stereocenters. The molecule has 0 aliphatic heterocycles. The van der Waals surface area contributed by atoms with Crippen molar-refractivity contribution in [1.29, 1.82) is 0 Å². The summed E-state index contributed by atoms with van der Waals surface area (Å²) in [4.78, 5) is 25.0. The zero-order valence-electron chi connectivity index (χ0n) is 21.1. The minimum atomic E-state index is -0.638. The van der Waals surface area contributed by atoms with E-state index in [9.17, 15) is 14.7 Å². The van der Waals surface area contributed by atoms with Crippen LogP contribution in [0.15, 0.2) is 78.9 Å². The second kappa shape index (κ2) is 12.8. The number of aliphatic hydroxyl groups excluding tert-OH is 1. The molecule has 3 aromatic rings. The van der Waals surface area contributed by atoms with Gasteiger partial charge in [0.15, 0.2) is 5.11 Å². The van der Waals surface area contributed by atoms with Crippen LogP contribution in [0.2, 0.25) is 0 Å². The van der Waals surface area contributed by atoms with Gasteiger partial charge in [0.2, 0.25) is 0 Å². The van der Waals surface area contributed by atoms with E-state index in [0.29, 0.717) is 28.6 Å². The van der Waals surface area contributed by atoms with Gasteiger partial charge in [-0.1, -0.05) is 54.6 Å². The van der Waals surface area contributed by atoms with E-state index >= 15 is 0 Å². The molecular formula is C28H32N4O4S. The Kier molecular flexibility index (Phi) is 9.59. The lowest BCUT2D eigenvalue weighted by Gasteiger charge is -2.20. The monoisotopic (exact) mass is 520 g/mol. The normalized spacial score (nSPS) is 11.7. The van der Waals surface area contributed by atoms with Gasteiger partial charge in [0.1, 0.15) is 5.60 Å². The van der Waals surface area contributed by atoms with Gasteiger partial charge in [-0.3, -0.25) is 10.1 Å². The van der Waals surface area contributed by atoms with Crippen molar-refractivity contribution in [2.75, 3.05) is 17.2 Å². The van der Waals surface area contributed by atoms with Crippen LogP contribution < -0.4 is 21.3 Å².